The highest BCUT2D eigenvalue weighted by molar-refractivity contribution is 7.18. The first-order valence-electron chi connectivity index (χ1n) is 9.90. The molecule has 2 amide bonds. The van der Waals surface area contributed by atoms with Crippen LogP contribution in [0.5, 0.6) is 0 Å². The fourth-order valence-electron chi connectivity index (χ4n) is 3.38. The van der Waals surface area contributed by atoms with Gasteiger partial charge in [0.15, 0.2) is 0 Å². The van der Waals surface area contributed by atoms with E-state index in [1.54, 1.807) is 26.0 Å². The molecule has 0 saturated carbocycles. The molecule has 3 rings (SSSR count). The number of carbonyl (C=O) groups excluding carboxylic acids is 3. The van der Waals surface area contributed by atoms with Crippen molar-refractivity contribution in [3.63, 3.8) is 0 Å². The molecule has 1 aromatic heterocycles. The zero-order chi connectivity index (χ0) is 21.0. The number of piperidine rings is 1. The lowest BCUT2D eigenvalue weighted by molar-refractivity contribution is 0.0527. The molecule has 0 radical (unpaired) electrons. The predicted octanol–water partition coefficient (Wildman–Crippen LogP) is 4.42. The molecule has 1 fully saturated rings. The van der Waals surface area contributed by atoms with Crippen LogP contribution in [0.4, 0.5) is 5.00 Å². The van der Waals surface area contributed by atoms with E-state index in [0.29, 0.717) is 21.0 Å². The SMILES string of the molecule is CCOC(=O)c1c(NC(=O)c2ccc(C)cc2)sc(C(=O)N2CCCCC2)c1C. The van der Waals surface area contributed by atoms with Gasteiger partial charge in [-0.1, -0.05) is 17.7 Å². The number of likely N-dealkylation sites (tertiary alicyclic amines) is 1. The van der Waals surface area contributed by atoms with Crippen LogP contribution in [0.1, 0.15) is 67.7 Å². The van der Waals surface area contributed by atoms with Crippen molar-refractivity contribution in [2.75, 3.05) is 25.0 Å². The van der Waals surface area contributed by atoms with Crippen molar-refractivity contribution in [2.45, 2.75) is 40.0 Å². The van der Waals surface area contributed by atoms with Crippen LogP contribution in [0.2, 0.25) is 0 Å². The summed E-state index contributed by atoms with van der Waals surface area (Å²) < 4.78 is 5.18. The molecule has 154 valence electrons. The van der Waals surface area contributed by atoms with Crippen molar-refractivity contribution >= 4 is 34.1 Å². The molecule has 1 N–H and O–H groups in total. The zero-order valence-corrected chi connectivity index (χ0v) is 17.9. The van der Waals surface area contributed by atoms with Gasteiger partial charge in [-0.2, -0.15) is 0 Å². The second-order valence-electron chi connectivity index (χ2n) is 7.15. The summed E-state index contributed by atoms with van der Waals surface area (Å²) in [7, 11) is 0. The molecule has 0 bridgehead atoms. The average molecular weight is 415 g/mol. The fourth-order valence-corrected chi connectivity index (χ4v) is 4.53. The highest BCUT2D eigenvalue weighted by Crippen LogP contribution is 2.35. The highest BCUT2D eigenvalue weighted by atomic mass is 32.1. The monoisotopic (exact) mass is 414 g/mol. The molecule has 0 aliphatic carbocycles. The van der Waals surface area contributed by atoms with Crippen LogP contribution in [0.3, 0.4) is 0 Å². The number of rotatable bonds is 5. The van der Waals surface area contributed by atoms with Crippen LogP contribution in [0, 0.1) is 13.8 Å². The van der Waals surface area contributed by atoms with Gasteiger partial charge >= 0.3 is 5.97 Å². The van der Waals surface area contributed by atoms with Gasteiger partial charge in [-0.3, -0.25) is 9.59 Å². The van der Waals surface area contributed by atoms with E-state index in [9.17, 15) is 14.4 Å². The third-order valence-electron chi connectivity index (χ3n) is 5.00. The zero-order valence-electron chi connectivity index (χ0n) is 17.0. The van der Waals surface area contributed by atoms with Crippen molar-refractivity contribution in [1.29, 1.82) is 0 Å². The molecule has 2 heterocycles. The Bertz CT molecular complexity index is 912. The second kappa shape index (κ2) is 9.22. The molecule has 1 aliphatic heterocycles. The predicted molar refractivity (Wildman–Crippen MR) is 114 cm³/mol. The summed E-state index contributed by atoms with van der Waals surface area (Å²) >= 11 is 1.14. The molecule has 29 heavy (non-hydrogen) atoms. The number of ether oxygens (including phenoxy) is 1. The molecule has 2 aromatic rings. The minimum Gasteiger partial charge on any atom is -0.462 e. The lowest BCUT2D eigenvalue weighted by Crippen LogP contribution is -2.35. The van der Waals surface area contributed by atoms with Crippen molar-refractivity contribution in [3.05, 3.63) is 51.4 Å². The third-order valence-corrected chi connectivity index (χ3v) is 6.20. The van der Waals surface area contributed by atoms with E-state index in [1.807, 2.05) is 24.0 Å². The molecule has 1 aromatic carbocycles. The number of hydrogen-bond donors (Lipinski definition) is 1. The smallest absolute Gasteiger partial charge is 0.341 e. The summed E-state index contributed by atoms with van der Waals surface area (Å²) in [5.74, 6) is -0.944. The first kappa shape index (κ1) is 21.0. The standard InChI is InChI=1S/C22H26N2O4S/c1-4-28-22(27)17-15(3)18(21(26)24-12-6-5-7-13-24)29-20(17)23-19(25)16-10-8-14(2)9-11-16/h8-11H,4-7,12-13H2,1-3H3,(H,23,25). The van der Waals surface area contributed by atoms with Crippen molar-refractivity contribution in [1.82, 2.24) is 4.90 Å². The maximum atomic E-state index is 13.0. The molecular weight excluding hydrogens is 388 g/mol. The summed E-state index contributed by atoms with van der Waals surface area (Å²) in [5, 5.41) is 3.17. The Kier molecular flexibility index (Phi) is 6.69. The number of nitrogens with one attached hydrogen (secondary N) is 1. The Hall–Kier alpha value is -2.67. The first-order valence-corrected chi connectivity index (χ1v) is 10.7. The quantitative estimate of drug-likeness (QED) is 0.735. The Morgan fingerprint density at radius 2 is 1.72 bits per heavy atom. The summed E-state index contributed by atoms with van der Waals surface area (Å²) in [4.78, 5) is 40.6. The van der Waals surface area contributed by atoms with Crippen LogP contribution in [0.25, 0.3) is 0 Å². The van der Waals surface area contributed by atoms with Crippen LogP contribution >= 0.6 is 11.3 Å². The van der Waals surface area contributed by atoms with Crippen LogP contribution in [0.15, 0.2) is 24.3 Å². The summed E-state index contributed by atoms with van der Waals surface area (Å²) in [6.07, 6.45) is 3.09. The highest BCUT2D eigenvalue weighted by Gasteiger charge is 2.29. The Morgan fingerprint density at radius 1 is 1.07 bits per heavy atom. The number of hydrogen-bond acceptors (Lipinski definition) is 5. The van der Waals surface area contributed by atoms with E-state index in [4.69, 9.17) is 4.74 Å². The minimum absolute atomic E-state index is 0.0893. The van der Waals surface area contributed by atoms with Gasteiger partial charge in [-0.15, -0.1) is 11.3 Å². The minimum atomic E-state index is -0.529. The van der Waals surface area contributed by atoms with Gasteiger partial charge in [0.1, 0.15) is 5.00 Å². The van der Waals surface area contributed by atoms with E-state index in [1.165, 1.54) is 0 Å². The Morgan fingerprint density at radius 3 is 2.34 bits per heavy atom. The summed E-state index contributed by atoms with van der Waals surface area (Å²) in [6.45, 7) is 7.06. The van der Waals surface area contributed by atoms with Crippen LogP contribution in [-0.4, -0.2) is 42.4 Å². The molecule has 0 unspecified atom stereocenters. The van der Waals surface area contributed by atoms with Crippen molar-refractivity contribution in [3.8, 4) is 0 Å². The number of nitrogens with zero attached hydrogens (tertiary/aromatic N) is 1. The van der Waals surface area contributed by atoms with Gasteiger partial charge in [0.25, 0.3) is 11.8 Å². The fraction of sp³-hybridized carbons (Fsp3) is 0.409. The van der Waals surface area contributed by atoms with E-state index in [0.717, 1.165) is 49.3 Å². The van der Waals surface area contributed by atoms with E-state index >= 15 is 0 Å². The molecule has 0 spiro atoms. The second-order valence-corrected chi connectivity index (χ2v) is 8.17. The number of carbonyl (C=O) groups is 3. The van der Waals surface area contributed by atoms with Gasteiger partial charge in [-0.05, 0) is 57.7 Å². The maximum Gasteiger partial charge on any atom is 0.341 e. The molecule has 1 aliphatic rings. The normalized spacial score (nSPS) is 13.8. The topological polar surface area (TPSA) is 75.7 Å². The van der Waals surface area contributed by atoms with Crippen LogP contribution in [-0.2, 0) is 4.74 Å². The molecule has 1 saturated heterocycles. The summed E-state index contributed by atoms with van der Waals surface area (Å²) in [5.41, 5.74) is 2.36. The van der Waals surface area contributed by atoms with E-state index < -0.39 is 5.97 Å². The number of esters is 1. The van der Waals surface area contributed by atoms with Crippen molar-refractivity contribution in [2.24, 2.45) is 0 Å². The Labute approximate surface area is 174 Å². The number of amides is 2. The largest absolute Gasteiger partial charge is 0.462 e. The van der Waals surface area contributed by atoms with E-state index in [2.05, 4.69) is 5.32 Å². The Balaban J connectivity index is 1.93. The molecule has 0 atom stereocenters. The molecular formula is C22H26N2O4S. The number of benzene rings is 1. The maximum absolute atomic E-state index is 13.0. The number of thiophene rings is 1. The lowest BCUT2D eigenvalue weighted by atomic mass is 10.1. The van der Waals surface area contributed by atoms with Gasteiger partial charge in [0, 0.05) is 18.7 Å². The van der Waals surface area contributed by atoms with Gasteiger partial charge in [0.05, 0.1) is 17.0 Å². The third kappa shape index (κ3) is 4.67. The van der Waals surface area contributed by atoms with Crippen molar-refractivity contribution < 1.29 is 19.1 Å². The van der Waals surface area contributed by atoms with Gasteiger partial charge < -0.3 is 15.0 Å². The average Bonchev–Trinajstić information content (AvgIpc) is 3.04. The summed E-state index contributed by atoms with van der Waals surface area (Å²) in [6, 6.07) is 7.17. The number of anilines is 1. The lowest BCUT2D eigenvalue weighted by Gasteiger charge is -2.26. The number of aryl methyl sites for hydroxylation is 1. The van der Waals surface area contributed by atoms with Crippen LogP contribution < -0.4 is 5.32 Å². The van der Waals surface area contributed by atoms with Gasteiger partial charge in [0.2, 0.25) is 0 Å². The first-order chi connectivity index (χ1) is 13.9. The molecule has 7 heteroatoms. The molecule has 6 nitrogen and oxygen atoms in total. The van der Waals surface area contributed by atoms with E-state index in [-0.39, 0.29) is 24.0 Å². The van der Waals surface area contributed by atoms with Gasteiger partial charge in [-0.25, -0.2) is 4.79 Å².